The second-order valence-corrected chi connectivity index (χ2v) is 8.40. The minimum Gasteiger partial charge on any atom is -0.480 e. The number of carbonyl (C=O) groups excluding carboxylic acids is 1. The van der Waals surface area contributed by atoms with Gasteiger partial charge in [-0.25, -0.2) is 17.9 Å². The average Bonchev–Trinajstić information content (AvgIpc) is 2.59. The lowest BCUT2D eigenvalue weighted by Gasteiger charge is -2.20. The van der Waals surface area contributed by atoms with E-state index >= 15 is 0 Å². The number of nitrogens with one attached hydrogen (secondary N) is 2. The van der Waals surface area contributed by atoms with Gasteiger partial charge in [0.25, 0.3) is 10.0 Å². The first-order valence-electron chi connectivity index (χ1n) is 7.96. The molecule has 2 rings (SSSR count). The Kier molecular flexibility index (Phi) is 7.27. The van der Waals surface area contributed by atoms with Crippen molar-refractivity contribution in [2.45, 2.75) is 31.0 Å². The Bertz CT molecular complexity index is 1050. The zero-order valence-corrected chi connectivity index (χ0v) is 18.6. The number of anilines is 1. The number of hydrogen-bond acceptors (Lipinski definition) is 8. The Morgan fingerprint density at radius 1 is 1.23 bits per heavy atom. The van der Waals surface area contributed by atoms with Crippen LogP contribution in [-0.2, 0) is 10.0 Å². The maximum absolute atomic E-state index is 12.8. The lowest BCUT2D eigenvalue weighted by molar-refractivity contribution is -0.189. The molecule has 1 aromatic carbocycles. The lowest BCUT2D eigenvalue weighted by Crippen LogP contribution is -2.36. The number of methoxy groups -OCH3 is 1. The predicted octanol–water partition coefficient (Wildman–Crippen LogP) is 2.63. The van der Waals surface area contributed by atoms with Gasteiger partial charge >= 0.3 is 18.2 Å². The summed E-state index contributed by atoms with van der Waals surface area (Å²) in [5, 5.41) is 2.09. The third kappa shape index (κ3) is 6.04. The number of aromatic nitrogens is 3. The Morgan fingerprint density at radius 2 is 1.90 bits per heavy atom. The molecule has 1 atom stereocenters. The van der Waals surface area contributed by atoms with Gasteiger partial charge in [-0.05, 0) is 48.6 Å². The van der Waals surface area contributed by atoms with Gasteiger partial charge in [0.05, 0.1) is 7.11 Å². The van der Waals surface area contributed by atoms with Gasteiger partial charge in [-0.3, -0.25) is 5.32 Å². The zero-order chi connectivity index (χ0) is 22.7. The average molecular weight is 561 g/mol. The van der Waals surface area contributed by atoms with Crippen molar-refractivity contribution in [2.24, 2.45) is 0 Å². The van der Waals surface area contributed by atoms with Crippen molar-refractivity contribution in [1.29, 1.82) is 0 Å². The molecule has 0 bridgehead atoms. The highest BCUT2D eigenvalue weighted by Crippen LogP contribution is 2.32. The van der Waals surface area contributed by atoms with E-state index in [-0.39, 0.29) is 21.4 Å². The number of halogens is 4. The summed E-state index contributed by atoms with van der Waals surface area (Å²) in [7, 11) is -3.34. The number of nitrogens with zero attached hydrogens (tertiary/aromatic N) is 3. The van der Waals surface area contributed by atoms with Crippen LogP contribution in [0, 0.1) is 10.5 Å². The third-order valence-corrected chi connectivity index (χ3v) is 6.00. The van der Waals surface area contributed by atoms with Gasteiger partial charge in [0.2, 0.25) is 5.95 Å². The van der Waals surface area contributed by atoms with Crippen LogP contribution in [0.2, 0.25) is 0 Å². The van der Waals surface area contributed by atoms with Gasteiger partial charge < -0.3 is 9.47 Å². The molecule has 1 unspecified atom stereocenters. The normalized spacial score (nSPS) is 12.8. The zero-order valence-electron chi connectivity index (χ0n) is 15.6. The Labute approximate surface area is 182 Å². The predicted molar refractivity (Wildman–Crippen MR) is 106 cm³/mol. The molecule has 0 radical (unpaired) electrons. The van der Waals surface area contributed by atoms with E-state index in [2.05, 4.69) is 20.3 Å². The van der Waals surface area contributed by atoms with E-state index in [1.165, 1.54) is 26.2 Å². The number of sulfonamides is 1. The second kappa shape index (κ2) is 9.15. The number of rotatable bonds is 6. The van der Waals surface area contributed by atoms with E-state index in [1.54, 1.807) is 27.3 Å². The number of hydrogen-bond donors (Lipinski definition) is 2. The highest BCUT2D eigenvalue weighted by molar-refractivity contribution is 14.1. The van der Waals surface area contributed by atoms with Crippen LogP contribution in [0.4, 0.5) is 23.9 Å². The number of benzene rings is 1. The van der Waals surface area contributed by atoms with Crippen LogP contribution in [0.3, 0.4) is 0 Å². The first-order chi connectivity index (χ1) is 13.8. The molecule has 15 heteroatoms. The fourth-order valence-electron chi connectivity index (χ4n) is 2.00. The van der Waals surface area contributed by atoms with Crippen molar-refractivity contribution in [3.8, 4) is 11.8 Å². The monoisotopic (exact) mass is 561 g/mol. The summed E-state index contributed by atoms with van der Waals surface area (Å²) in [6.45, 7) is 2.22. The van der Waals surface area contributed by atoms with Crippen molar-refractivity contribution in [2.75, 3.05) is 12.4 Å². The molecule has 0 aliphatic heterocycles. The molecule has 2 aromatic rings. The number of urea groups is 1. The van der Waals surface area contributed by atoms with Gasteiger partial charge in [0.15, 0.2) is 6.10 Å². The minimum atomic E-state index is -4.72. The summed E-state index contributed by atoms with van der Waals surface area (Å²) in [6.07, 6.45) is -7.00. The molecular formula is C15H15F3IN5O5S. The fourth-order valence-corrected chi connectivity index (χ4v) is 4.45. The summed E-state index contributed by atoms with van der Waals surface area (Å²) >= 11 is 1.60. The Hall–Kier alpha value is -2.43. The summed E-state index contributed by atoms with van der Waals surface area (Å²) in [5.41, 5.74) is 0. The molecule has 0 saturated heterocycles. The molecule has 1 heterocycles. The Morgan fingerprint density at radius 3 is 2.50 bits per heavy atom. The molecule has 1 aromatic heterocycles. The van der Waals surface area contributed by atoms with Crippen LogP contribution in [0.1, 0.15) is 12.7 Å². The van der Waals surface area contributed by atoms with Crippen molar-refractivity contribution < 1.29 is 35.9 Å². The largest absolute Gasteiger partial charge is 0.480 e. The number of aryl methyl sites for hydroxylation is 1. The van der Waals surface area contributed by atoms with E-state index in [0.717, 1.165) is 13.0 Å². The van der Waals surface area contributed by atoms with E-state index in [1.807, 2.05) is 0 Å². The highest BCUT2D eigenvalue weighted by atomic mass is 127. The molecule has 10 nitrogen and oxygen atoms in total. The molecular weight excluding hydrogens is 546 g/mol. The van der Waals surface area contributed by atoms with Crippen molar-refractivity contribution >= 4 is 44.6 Å². The SMILES string of the molecule is COc1nc(C)nc(NC(=O)NS(=O)(=O)c2c(I)cccc2OC(C)C(F)(F)F)n1. The summed E-state index contributed by atoms with van der Waals surface area (Å²) in [6, 6.07) is 2.33. The van der Waals surface area contributed by atoms with Gasteiger partial charge in [0.1, 0.15) is 16.5 Å². The van der Waals surface area contributed by atoms with E-state index in [4.69, 9.17) is 9.47 Å². The molecule has 164 valence electrons. The standard InChI is InChI=1S/C15H15F3IN5O5S/c1-7(15(16,17)18)29-10-6-4-5-9(19)11(10)30(26,27)24-13(25)22-12-20-8(2)21-14(23-12)28-3/h4-7H,1-3H3,(H2,20,21,22,23,24,25). The highest BCUT2D eigenvalue weighted by Gasteiger charge is 2.39. The maximum Gasteiger partial charge on any atom is 0.425 e. The minimum absolute atomic E-state index is 0.0393. The van der Waals surface area contributed by atoms with Crippen LogP contribution in [0.25, 0.3) is 0 Å². The number of amides is 2. The fraction of sp³-hybridized carbons (Fsp3) is 0.333. The molecule has 2 N–H and O–H groups in total. The maximum atomic E-state index is 12.8. The van der Waals surface area contributed by atoms with Crippen LogP contribution in [0.5, 0.6) is 11.8 Å². The van der Waals surface area contributed by atoms with Gasteiger partial charge in [-0.2, -0.15) is 28.1 Å². The second-order valence-electron chi connectivity index (χ2n) is 5.62. The first kappa shape index (κ1) is 23.8. The summed E-state index contributed by atoms with van der Waals surface area (Å²) in [5.74, 6) is -0.670. The number of alkyl halides is 3. The van der Waals surface area contributed by atoms with Crippen LogP contribution >= 0.6 is 22.6 Å². The van der Waals surface area contributed by atoms with Crippen LogP contribution in [0.15, 0.2) is 23.1 Å². The number of ether oxygens (including phenoxy) is 2. The summed E-state index contributed by atoms with van der Waals surface area (Å²) in [4.78, 5) is 22.9. The quantitative estimate of drug-likeness (QED) is 0.515. The molecule has 0 saturated carbocycles. The van der Waals surface area contributed by atoms with Gasteiger partial charge in [-0.1, -0.05) is 6.07 Å². The van der Waals surface area contributed by atoms with E-state index in [0.29, 0.717) is 0 Å². The molecule has 2 amide bonds. The molecule has 0 fully saturated rings. The topological polar surface area (TPSA) is 132 Å². The molecule has 0 aliphatic carbocycles. The third-order valence-electron chi connectivity index (χ3n) is 3.33. The van der Waals surface area contributed by atoms with Crippen LogP contribution in [-0.4, -0.2) is 48.8 Å². The summed E-state index contributed by atoms with van der Waals surface area (Å²) < 4.78 is 75.2. The van der Waals surface area contributed by atoms with Gasteiger partial charge in [0, 0.05) is 3.57 Å². The molecule has 0 spiro atoms. The smallest absolute Gasteiger partial charge is 0.425 e. The lowest BCUT2D eigenvalue weighted by atomic mass is 10.3. The van der Waals surface area contributed by atoms with Crippen molar-refractivity contribution in [3.05, 3.63) is 27.6 Å². The Balaban J connectivity index is 2.29. The first-order valence-corrected chi connectivity index (χ1v) is 10.5. The number of carbonyl (C=O) groups is 1. The molecule has 0 aliphatic rings. The van der Waals surface area contributed by atoms with E-state index in [9.17, 15) is 26.4 Å². The van der Waals surface area contributed by atoms with Crippen LogP contribution < -0.4 is 19.5 Å². The van der Waals surface area contributed by atoms with E-state index < -0.39 is 39.0 Å². The molecule has 30 heavy (non-hydrogen) atoms. The van der Waals surface area contributed by atoms with Crippen molar-refractivity contribution in [1.82, 2.24) is 19.7 Å². The van der Waals surface area contributed by atoms with Gasteiger partial charge in [-0.15, -0.1) is 0 Å². The van der Waals surface area contributed by atoms with Crippen molar-refractivity contribution in [3.63, 3.8) is 0 Å².